The zero-order valence-corrected chi connectivity index (χ0v) is 33.8. The number of benzene rings is 2. The Kier molecular flexibility index (Phi) is 15.3. The van der Waals surface area contributed by atoms with E-state index in [-0.39, 0.29) is 61.3 Å². The number of amides is 1. The molecule has 0 aromatic heterocycles. The number of hydrogen-bond acceptors (Lipinski definition) is 10. The molecule has 1 amide bonds. The van der Waals surface area contributed by atoms with Gasteiger partial charge in [0.25, 0.3) is 0 Å². The molecular formula is C43H59N3O9S. The number of hydrogen-bond donors (Lipinski definition) is 3. The molecule has 2 aromatic carbocycles. The van der Waals surface area contributed by atoms with Gasteiger partial charge in [-0.15, -0.1) is 6.58 Å². The molecule has 5 rings (SSSR count). The number of oxime groups is 1. The number of rotatable bonds is 22. The first kappa shape index (κ1) is 43.1. The minimum Gasteiger partial charge on any atom is -0.490 e. The maximum Gasteiger partial charge on any atom is 0.243 e. The van der Waals surface area contributed by atoms with Crippen LogP contribution in [0.3, 0.4) is 0 Å². The van der Waals surface area contributed by atoms with Crippen LogP contribution in [-0.2, 0) is 24.4 Å². The molecule has 56 heavy (non-hydrogen) atoms. The maximum atomic E-state index is 15.0. The average molecular weight is 794 g/mol. The third kappa shape index (κ3) is 9.23. The van der Waals surface area contributed by atoms with Crippen LogP contribution >= 0.6 is 0 Å². The highest BCUT2D eigenvalue weighted by molar-refractivity contribution is 7.89. The van der Waals surface area contributed by atoms with Crippen LogP contribution in [0.2, 0.25) is 0 Å². The quantitative estimate of drug-likeness (QED) is 0.0652. The second-order valence-electron chi connectivity index (χ2n) is 14.6. The third-order valence-corrected chi connectivity index (χ3v) is 12.8. The fourth-order valence-electron chi connectivity index (χ4n) is 8.72. The lowest BCUT2D eigenvalue weighted by Crippen LogP contribution is -2.70. The summed E-state index contributed by atoms with van der Waals surface area (Å²) in [5, 5.41) is 27.1. The molecule has 306 valence electrons. The molecule has 0 bridgehead atoms. The van der Waals surface area contributed by atoms with Crippen LogP contribution in [0.25, 0.3) is 0 Å². The number of aliphatic hydroxyl groups excluding tert-OH is 2. The molecule has 13 heteroatoms. The van der Waals surface area contributed by atoms with E-state index in [1.165, 1.54) is 23.4 Å². The van der Waals surface area contributed by atoms with E-state index in [0.29, 0.717) is 55.4 Å². The lowest BCUT2D eigenvalue weighted by Gasteiger charge is -2.59. The monoisotopic (exact) mass is 793 g/mol. The zero-order chi connectivity index (χ0) is 40.3. The Morgan fingerprint density at radius 3 is 2.39 bits per heavy atom. The van der Waals surface area contributed by atoms with E-state index in [4.69, 9.17) is 24.2 Å². The lowest BCUT2D eigenvalue weighted by atomic mass is 9.55. The van der Waals surface area contributed by atoms with Crippen LogP contribution in [0.15, 0.2) is 89.5 Å². The standard InChI is InChI=1S/C43H59N3O9S/c1-6-22-46(56(50,51)34-19-16-32(17-20-34)44-30(5)49)40-29-38(45-54-9-4)36-27-31(14-10-12-23-47)35(15-11-13-24-48)41-37-28-33(52-25-7-2)18-21-39(37)55-43(40,42(36)41)53-26-8-3/h7-8,16-21,27-28,31,35,40-42,47-48H,2-3,6,9-15,22-26,29H2,1,4-5H3,(H,44,49). The van der Waals surface area contributed by atoms with Crippen molar-refractivity contribution < 1.29 is 42.5 Å². The molecule has 2 aromatic rings. The SMILES string of the molecule is C=CCOc1ccc2c(c1)C1C(CCCCO)C(CCCCO)C=C3C(=NOCC)CC(N(CCC)S(=O)(=O)c4ccc(NC(C)=O)cc4)C(OCC=C)(O2)C31. The van der Waals surface area contributed by atoms with Gasteiger partial charge in [0.1, 0.15) is 24.7 Å². The molecule has 1 saturated carbocycles. The normalized spacial score (nSPS) is 24.7. The van der Waals surface area contributed by atoms with Gasteiger partial charge in [-0.05, 0) is 98.9 Å². The predicted molar refractivity (Wildman–Crippen MR) is 217 cm³/mol. The van der Waals surface area contributed by atoms with Gasteiger partial charge in [-0.1, -0.05) is 49.7 Å². The van der Waals surface area contributed by atoms with Gasteiger partial charge in [-0.25, -0.2) is 8.42 Å². The van der Waals surface area contributed by atoms with Crippen LogP contribution in [0.4, 0.5) is 5.69 Å². The summed E-state index contributed by atoms with van der Waals surface area (Å²) in [6, 6.07) is 11.0. The number of anilines is 1. The molecule has 1 heterocycles. The number of nitrogens with one attached hydrogen (secondary N) is 1. The summed E-state index contributed by atoms with van der Waals surface area (Å²) < 4.78 is 51.7. The number of carbonyl (C=O) groups excluding carboxylic acids is 1. The van der Waals surface area contributed by atoms with Crippen molar-refractivity contribution in [3.05, 3.63) is 85.0 Å². The van der Waals surface area contributed by atoms with E-state index in [1.54, 1.807) is 24.3 Å². The molecule has 6 atom stereocenters. The second-order valence-corrected chi connectivity index (χ2v) is 16.5. The summed E-state index contributed by atoms with van der Waals surface area (Å²) in [6.45, 7) is 14.0. The van der Waals surface area contributed by atoms with E-state index in [9.17, 15) is 23.4 Å². The van der Waals surface area contributed by atoms with Crippen molar-refractivity contribution in [2.24, 2.45) is 22.9 Å². The van der Waals surface area contributed by atoms with E-state index in [0.717, 1.165) is 36.8 Å². The highest BCUT2D eigenvalue weighted by atomic mass is 32.2. The van der Waals surface area contributed by atoms with Crippen molar-refractivity contribution in [1.29, 1.82) is 0 Å². The van der Waals surface area contributed by atoms with Crippen LogP contribution in [0.5, 0.6) is 11.5 Å². The predicted octanol–water partition coefficient (Wildman–Crippen LogP) is 6.96. The fourth-order valence-corrected chi connectivity index (χ4v) is 10.5. The number of allylic oxidation sites excluding steroid dienone is 1. The van der Waals surface area contributed by atoms with Gasteiger partial charge >= 0.3 is 0 Å². The summed E-state index contributed by atoms with van der Waals surface area (Å²) >= 11 is 0. The summed E-state index contributed by atoms with van der Waals surface area (Å²) in [5.41, 5.74) is 2.94. The number of nitrogens with zero attached hydrogens (tertiary/aromatic N) is 2. The van der Waals surface area contributed by atoms with E-state index in [1.807, 2.05) is 32.0 Å². The van der Waals surface area contributed by atoms with Crippen molar-refractivity contribution in [3.63, 3.8) is 0 Å². The number of carbonyl (C=O) groups is 1. The van der Waals surface area contributed by atoms with Crippen molar-refractivity contribution in [1.82, 2.24) is 4.31 Å². The second kappa shape index (κ2) is 19.9. The van der Waals surface area contributed by atoms with Gasteiger partial charge in [0.05, 0.1) is 29.2 Å². The van der Waals surface area contributed by atoms with Crippen LogP contribution in [0, 0.1) is 17.8 Å². The number of sulfonamides is 1. The van der Waals surface area contributed by atoms with Crippen molar-refractivity contribution in [3.8, 4) is 11.5 Å². The molecule has 0 spiro atoms. The summed E-state index contributed by atoms with van der Waals surface area (Å²) in [7, 11) is -4.20. The number of fused-ring (bicyclic) bond motifs is 2. The van der Waals surface area contributed by atoms with Crippen molar-refractivity contribution in [2.45, 2.75) is 94.8 Å². The first-order chi connectivity index (χ1) is 27.1. The molecule has 2 aliphatic carbocycles. The summed E-state index contributed by atoms with van der Waals surface area (Å²) in [5.74, 6) is -1.24. The lowest BCUT2D eigenvalue weighted by molar-refractivity contribution is -0.251. The Labute approximate surface area is 332 Å². The first-order valence-corrected chi connectivity index (χ1v) is 21.4. The van der Waals surface area contributed by atoms with Gasteiger partial charge in [0, 0.05) is 50.3 Å². The first-order valence-electron chi connectivity index (χ1n) is 19.9. The molecular weight excluding hydrogens is 735 g/mol. The molecule has 1 aliphatic heterocycles. The Hall–Kier alpha value is -4.01. The smallest absolute Gasteiger partial charge is 0.243 e. The van der Waals surface area contributed by atoms with Crippen molar-refractivity contribution >= 4 is 27.3 Å². The molecule has 3 aliphatic rings. The third-order valence-electron chi connectivity index (χ3n) is 10.9. The molecule has 0 saturated heterocycles. The van der Waals surface area contributed by atoms with Gasteiger partial charge in [0.2, 0.25) is 21.7 Å². The Balaban J connectivity index is 1.79. The number of aliphatic hydroxyl groups is 2. The van der Waals surface area contributed by atoms with E-state index in [2.05, 4.69) is 24.6 Å². The molecule has 3 N–H and O–H groups in total. The van der Waals surface area contributed by atoms with Gasteiger partial charge in [0.15, 0.2) is 0 Å². The fraction of sp³-hybridized carbons (Fsp3) is 0.535. The average Bonchev–Trinajstić information content (AvgIpc) is 3.19. The molecule has 0 radical (unpaired) electrons. The largest absolute Gasteiger partial charge is 0.490 e. The Bertz CT molecular complexity index is 1830. The topological polar surface area (TPSA) is 156 Å². The van der Waals surface area contributed by atoms with Gasteiger partial charge in [-0.2, -0.15) is 4.31 Å². The highest BCUT2D eigenvalue weighted by Gasteiger charge is 2.66. The Morgan fingerprint density at radius 1 is 1.04 bits per heavy atom. The van der Waals surface area contributed by atoms with E-state index >= 15 is 0 Å². The van der Waals surface area contributed by atoms with Gasteiger partial charge in [-0.3, -0.25) is 4.79 Å². The van der Waals surface area contributed by atoms with Gasteiger partial charge < -0.3 is 34.6 Å². The molecule has 12 nitrogen and oxygen atoms in total. The number of ether oxygens (including phenoxy) is 3. The van der Waals surface area contributed by atoms with E-state index < -0.39 is 27.8 Å². The summed E-state index contributed by atoms with van der Waals surface area (Å²) in [6.07, 6.45) is 10.8. The van der Waals surface area contributed by atoms with Crippen LogP contribution in [0.1, 0.15) is 83.6 Å². The zero-order valence-electron chi connectivity index (χ0n) is 33.0. The highest BCUT2D eigenvalue weighted by Crippen LogP contribution is 2.62. The number of unbranched alkanes of at least 4 members (excludes halogenated alkanes) is 2. The maximum absolute atomic E-state index is 15.0. The van der Waals surface area contributed by atoms with Crippen LogP contribution < -0.4 is 14.8 Å². The molecule has 1 fully saturated rings. The minimum atomic E-state index is -4.20. The van der Waals surface area contributed by atoms with Crippen molar-refractivity contribution in [2.75, 3.05) is 44.9 Å². The summed E-state index contributed by atoms with van der Waals surface area (Å²) in [4.78, 5) is 17.6. The Morgan fingerprint density at radius 2 is 1.75 bits per heavy atom. The van der Waals surface area contributed by atoms with Crippen LogP contribution in [-0.4, -0.2) is 86.0 Å². The minimum absolute atomic E-state index is 0.0302. The molecule has 6 unspecified atom stereocenters.